The van der Waals surface area contributed by atoms with E-state index in [1.54, 1.807) is 12.1 Å². The van der Waals surface area contributed by atoms with E-state index in [0.29, 0.717) is 11.6 Å². The van der Waals surface area contributed by atoms with Crippen LogP contribution < -0.4 is 5.32 Å². The van der Waals surface area contributed by atoms with Crippen molar-refractivity contribution < 1.29 is 13.2 Å². The van der Waals surface area contributed by atoms with Crippen molar-refractivity contribution in [3.63, 3.8) is 0 Å². The average molecular weight is 257 g/mol. The molecule has 0 amide bonds. The Labute approximate surface area is 105 Å². The molecule has 0 radical (unpaired) electrons. The number of hydrogen-bond acceptors (Lipinski definition) is 1. The lowest BCUT2D eigenvalue weighted by atomic mass is 9.97. The molecule has 2 rings (SSSR count). The SMILES string of the molecule is FC(F)(F)Cc1ccc(CC2CCCCN2)cc1. The summed E-state index contributed by atoms with van der Waals surface area (Å²) in [5, 5.41) is 3.44. The number of hydrogen-bond donors (Lipinski definition) is 1. The van der Waals surface area contributed by atoms with Gasteiger partial charge in [0.1, 0.15) is 0 Å². The molecule has 1 aromatic rings. The summed E-state index contributed by atoms with van der Waals surface area (Å²) in [7, 11) is 0. The van der Waals surface area contributed by atoms with Gasteiger partial charge in [-0.15, -0.1) is 0 Å². The maximum atomic E-state index is 12.2. The summed E-state index contributed by atoms with van der Waals surface area (Å²) < 4.78 is 36.6. The molecule has 1 fully saturated rings. The van der Waals surface area contributed by atoms with Crippen LogP contribution in [0.4, 0.5) is 13.2 Å². The minimum absolute atomic E-state index is 0.336. The highest BCUT2D eigenvalue weighted by molar-refractivity contribution is 5.24. The molecule has 1 nitrogen and oxygen atoms in total. The van der Waals surface area contributed by atoms with Crippen LogP contribution in [-0.4, -0.2) is 18.8 Å². The van der Waals surface area contributed by atoms with Gasteiger partial charge in [0, 0.05) is 6.04 Å². The lowest BCUT2D eigenvalue weighted by molar-refractivity contribution is -0.127. The molecule has 4 heteroatoms. The van der Waals surface area contributed by atoms with Crippen LogP contribution in [0.1, 0.15) is 30.4 Å². The Morgan fingerprint density at radius 1 is 1.06 bits per heavy atom. The van der Waals surface area contributed by atoms with Crippen molar-refractivity contribution in [3.05, 3.63) is 35.4 Å². The van der Waals surface area contributed by atoms with Crippen LogP contribution in [0.2, 0.25) is 0 Å². The highest BCUT2D eigenvalue weighted by atomic mass is 19.4. The molecule has 0 spiro atoms. The molecule has 100 valence electrons. The number of nitrogens with one attached hydrogen (secondary N) is 1. The first-order valence-corrected chi connectivity index (χ1v) is 6.41. The zero-order chi connectivity index (χ0) is 13.0. The Kier molecular flexibility index (Phi) is 4.27. The molecule has 0 bridgehead atoms. The van der Waals surface area contributed by atoms with E-state index < -0.39 is 12.6 Å². The van der Waals surface area contributed by atoms with Crippen LogP contribution in [0.25, 0.3) is 0 Å². The molecule has 1 atom stereocenters. The lowest BCUT2D eigenvalue weighted by Gasteiger charge is -2.23. The highest BCUT2D eigenvalue weighted by Crippen LogP contribution is 2.22. The van der Waals surface area contributed by atoms with Gasteiger partial charge in [-0.1, -0.05) is 30.7 Å². The fourth-order valence-corrected chi connectivity index (χ4v) is 2.41. The molecule has 1 N–H and O–H groups in total. The summed E-state index contributed by atoms with van der Waals surface area (Å²) in [6.07, 6.45) is -0.428. The zero-order valence-electron chi connectivity index (χ0n) is 10.3. The molecule has 1 saturated heterocycles. The first-order chi connectivity index (χ1) is 8.53. The standard InChI is InChI=1S/C14H18F3N/c15-14(16,17)10-12-6-4-11(5-7-12)9-13-3-1-2-8-18-13/h4-7,13,18H,1-3,8-10H2. The van der Waals surface area contributed by atoms with Crippen molar-refractivity contribution in [3.8, 4) is 0 Å². The fraction of sp³-hybridized carbons (Fsp3) is 0.571. The first kappa shape index (κ1) is 13.4. The van der Waals surface area contributed by atoms with Gasteiger partial charge in [-0.25, -0.2) is 0 Å². The van der Waals surface area contributed by atoms with Crippen molar-refractivity contribution in [2.45, 2.75) is 44.3 Å². The number of alkyl halides is 3. The van der Waals surface area contributed by atoms with Crippen LogP contribution >= 0.6 is 0 Å². The summed E-state index contributed by atoms with van der Waals surface area (Å²) in [5.74, 6) is 0. The Morgan fingerprint density at radius 2 is 1.72 bits per heavy atom. The minimum Gasteiger partial charge on any atom is -0.314 e. The maximum Gasteiger partial charge on any atom is 0.393 e. The predicted octanol–water partition coefficient (Wildman–Crippen LogP) is 3.48. The Balaban J connectivity index is 1.90. The van der Waals surface area contributed by atoms with Crippen LogP contribution in [0.15, 0.2) is 24.3 Å². The summed E-state index contributed by atoms with van der Waals surface area (Å²) in [6.45, 7) is 1.05. The van der Waals surface area contributed by atoms with Crippen molar-refractivity contribution in [1.29, 1.82) is 0 Å². The summed E-state index contributed by atoms with van der Waals surface area (Å²) in [6, 6.07) is 7.29. The molecule has 0 aromatic heterocycles. The molecule has 1 unspecified atom stereocenters. The Bertz CT molecular complexity index is 364. The quantitative estimate of drug-likeness (QED) is 0.874. The van der Waals surface area contributed by atoms with Crippen molar-refractivity contribution in [2.75, 3.05) is 6.54 Å². The van der Waals surface area contributed by atoms with Gasteiger partial charge in [-0.05, 0) is 36.9 Å². The van der Waals surface area contributed by atoms with Crippen LogP contribution in [0.5, 0.6) is 0 Å². The summed E-state index contributed by atoms with van der Waals surface area (Å²) >= 11 is 0. The number of halogens is 3. The normalized spacial score (nSPS) is 20.9. The van der Waals surface area contributed by atoms with Gasteiger partial charge in [-0.2, -0.15) is 13.2 Å². The van der Waals surface area contributed by atoms with Crippen LogP contribution in [0.3, 0.4) is 0 Å². The molecule has 0 saturated carbocycles. The number of benzene rings is 1. The van der Waals surface area contributed by atoms with E-state index in [0.717, 1.165) is 24.9 Å². The average Bonchev–Trinajstić information content (AvgIpc) is 2.31. The van der Waals surface area contributed by atoms with Gasteiger partial charge >= 0.3 is 6.18 Å². The van der Waals surface area contributed by atoms with Gasteiger partial charge in [0.05, 0.1) is 6.42 Å². The molecular weight excluding hydrogens is 239 g/mol. The predicted molar refractivity (Wildman–Crippen MR) is 65.5 cm³/mol. The molecule has 1 aromatic carbocycles. The van der Waals surface area contributed by atoms with Crippen molar-refractivity contribution >= 4 is 0 Å². The van der Waals surface area contributed by atoms with E-state index in [9.17, 15) is 13.2 Å². The second kappa shape index (κ2) is 5.74. The van der Waals surface area contributed by atoms with Gasteiger partial charge < -0.3 is 5.32 Å². The van der Waals surface area contributed by atoms with Gasteiger partial charge in [0.2, 0.25) is 0 Å². The minimum atomic E-state index is -4.12. The molecule has 0 aliphatic carbocycles. The van der Waals surface area contributed by atoms with Crippen LogP contribution in [0, 0.1) is 0 Å². The topological polar surface area (TPSA) is 12.0 Å². The van der Waals surface area contributed by atoms with Crippen molar-refractivity contribution in [2.24, 2.45) is 0 Å². The van der Waals surface area contributed by atoms with Crippen LogP contribution in [-0.2, 0) is 12.8 Å². The fourth-order valence-electron chi connectivity index (χ4n) is 2.41. The van der Waals surface area contributed by atoms with E-state index >= 15 is 0 Å². The smallest absolute Gasteiger partial charge is 0.314 e. The summed E-state index contributed by atoms with van der Waals surface area (Å²) in [4.78, 5) is 0. The molecule has 18 heavy (non-hydrogen) atoms. The highest BCUT2D eigenvalue weighted by Gasteiger charge is 2.27. The third kappa shape index (κ3) is 4.33. The Hall–Kier alpha value is -1.03. The Morgan fingerprint density at radius 3 is 2.28 bits per heavy atom. The second-order valence-electron chi connectivity index (χ2n) is 4.96. The molecule has 1 heterocycles. The molecule has 1 aliphatic heterocycles. The van der Waals surface area contributed by atoms with E-state index in [4.69, 9.17) is 0 Å². The van der Waals surface area contributed by atoms with E-state index in [-0.39, 0.29) is 0 Å². The van der Waals surface area contributed by atoms with E-state index in [1.165, 1.54) is 12.8 Å². The van der Waals surface area contributed by atoms with Gasteiger partial charge in [0.25, 0.3) is 0 Å². The summed E-state index contributed by atoms with van der Waals surface area (Å²) in [5.41, 5.74) is 1.45. The number of rotatable bonds is 3. The molecular formula is C14H18F3N. The lowest BCUT2D eigenvalue weighted by Crippen LogP contribution is -2.35. The van der Waals surface area contributed by atoms with E-state index in [2.05, 4.69) is 5.32 Å². The van der Waals surface area contributed by atoms with Crippen molar-refractivity contribution in [1.82, 2.24) is 5.32 Å². The first-order valence-electron chi connectivity index (χ1n) is 6.41. The third-order valence-corrected chi connectivity index (χ3v) is 3.32. The number of piperidine rings is 1. The van der Waals surface area contributed by atoms with E-state index in [1.807, 2.05) is 12.1 Å². The monoisotopic (exact) mass is 257 g/mol. The maximum absolute atomic E-state index is 12.2. The molecule has 1 aliphatic rings. The van der Waals surface area contributed by atoms with Gasteiger partial charge in [-0.3, -0.25) is 0 Å². The second-order valence-corrected chi connectivity index (χ2v) is 4.96. The zero-order valence-corrected chi connectivity index (χ0v) is 10.3. The largest absolute Gasteiger partial charge is 0.393 e. The third-order valence-electron chi connectivity index (χ3n) is 3.32. The van der Waals surface area contributed by atoms with Gasteiger partial charge in [0.15, 0.2) is 0 Å².